The smallest absolute Gasteiger partial charge is 0.229 e. The number of pyridine rings is 1. The van der Waals surface area contributed by atoms with Crippen molar-refractivity contribution in [3.8, 4) is 5.75 Å². The lowest BCUT2D eigenvalue weighted by Crippen LogP contribution is -2.29. The third-order valence-electron chi connectivity index (χ3n) is 2.68. The SMILES string of the molecule is COc1ccc(C2(C(N)=O)CC2)nc1. The second-order valence-electron chi connectivity index (χ2n) is 3.53. The number of primary amides is 1. The molecule has 0 saturated heterocycles. The molecule has 14 heavy (non-hydrogen) atoms. The molecular weight excluding hydrogens is 180 g/mol. The summed E-state index contributed by atoms with van der Waals surface area (Å²) in [7, 11) is 1.58. The van der Waals surface area contributed by atoms with Gasteiger partial charge in [0.25, 0.3) is 0 Å². The third kappa shape index (κ3) is 1.23. The van der Waals surface area contributed by atoms with Gasteiger partial charge in [0.2, 0.25) is 5.91 Å². The second kappa shape index (κ2) is 2.97. The molecule has 0 unspecified atom stereocenters. The molecule has 1 aliphatic carbocycles. The summed E-state index contributed by atoms with van der Waals surface area (Å²) in [5.41, 5.74) is 5.59. The van der Waals surface area contributed by atoms with Crippen LogP contribution in [0.4, 0.5) is 0 Å². The minimum absolute atomic E-state index is 0.282. The number of ether oxygens (including phenoxy) is 1. The summed E-state index contributed by atoms with van der Waals surface area (Å²) in [6, 6.07) is 3.60. The summed E-state index contributed by atoms with van der Waals surface area (Å²) in [5, 5.41) is 0. The van der Waals surface area contributed by atoms with Crippen LogP contribution in [0.5, 0.6) is 5.75 Å². The van der Waals surface area contributed by atoms with E-state index in [1.807, 2.05) is 0 Å². The summed E-state index contributed by atoms with van der Waals surface area (Å²) in [6.07, 6.45) is 3.22. The van der Waals surface area contributed by atoms with Crippen molar-refractivity contribution in [2.45, 2.75) is 18.3 Å². The van der Waals surface area contributed by atoms with Gasteiger partial charge in [-0.25, -0.2) is 0 Å². The van der Waals surface area contributed by atoms with Gasteiger partial charge in [-0.05, 0) is 25.0 Å². The maximum atomic E-state index is 11.2. The van der Waals surface area contributed by atoms with E-state index in [0.29, 0.717) is 5.75 Å². The van der Waals surface area contributed by atoms with Crippen LogP contribution in [0.15, 0.2) is 18.3 Å². The molecule has 1 saturated carbocycles. The first-order valence-corrected chi connectivity index (χ1v) is 4.49. The molecule has 0 spiro atoms. The van der Waals surface area contributed by atoms with E-state index in [1.165, 1.54) is 0 Å². The lowest BCUT2D eigenvalue weighted by Gasteiger charge is -2.09. The largest absolute Gasteiger partial charge is 0.495 e. The zero-order chi connectivity index (χ0) is 10.2. The minimum atomic E-state index is -0.494. The molecule has 0 radical (unpaired) electrons. The minimum Gasteiger partial charge on any atom is -0.495 e. The summed E-state index contributed by atoms with van der Waals surface area (Å²) in [4.78, 5) is 15.4. The van der Waals surface area contributed by atoms with Crippen LogP contribution >= 0.6 is 0 Å². The predicted molar refractivity (Wildman–Crippen MR) is 50.9 cm³/mol. The van der Waals surface area contributed by atoms with E-state index in [-0.39, 0.29) is 5.91 Å². The molecule has 0 bridgehead atoms. The van der Waals surface area contributed by atoms with Crippen LogP contribution < -0.4 is 10.5 Å². The van der Waals surface area contributed by atoms with Crippen molar-refractivity contribution >= 4 is 5.91 Å². The molecule has 0 atom stereocenters. The average Bonchev–Trinajstić information content (AvgIpc) is 2.99. The molecule has 1 heterocycles. The Kier molecular flexibility index (Phi) is 1.91. The van der Waals surface area contributed by atoms with Crippen LogP contribution in [-0.4, -0.2) is 18.0 Å². The molecule has 0 aliphatic heterocycles. The van der Waals surface area contributed by atoms with Crippen LogP contribution in [0.25, 0.3) is 0 Å². The molecule has 1 aliphatic rings. The maximum absolute atomic E-state index is 11.2. The number of rotatable bonds is 3. The Morgan fingerprint density at radius 2 is 2.29 bits per heavy atom. The highest BCUT2D eigenvalue weighted by Gasteiger charge is 2.51. The van der Waals surface area contributed by atoms with Gasteiger partial charge >= 0.3 is 0 Å². The van der Waals surface area contributed by atoms with Crippen LogP contribution in [0.3, 0.4) is 0 Å². The van der Waals surface area contributed by atoms with Crippen LogP contribution in [0.2, 0.25) is 0 Å². The van der Waals surface area contributed by atoms with Gasteiger partial charge in [-0.3, -0.25) is 9.78 Å². The van der Waals surface area contributed by atoms with Crippen molar-refractivity contribution in [1.82, 2.24) is 4.98 Å². The molecule has 0 aromatic carbocycles. The fourth-order valence-corrected chi connectivity index (χ4v) is 1.54. The Bertz CT molecular complexity index is 355. The molecule has 2 rings (SSSR count). The van der Waals surface area contributed by atoms with Gasteiger partial charge in [-0.1, -0.05) is 0 Å². The summed E-state index contributed by atoms with van der Waals surface area (Å²) >= 11 is 0. The number of methoxy groups -OCH3 is 1. The van der Waals surface area contributed by atoms with E-state index >= 15 is 0 Å². The number of hydrogen-bond donors (Lipinski definition) is 1. The molecular formula is C10H12N2O2. The number of carbonyl (C=O) groups excluding carboxylic acids is 1. The topological polar surface area (TPSA) is 65.2 Å². The quantitative estimate of drug-likeness (QED) is 0.763. The van der Waals surface area contributed by atoms with Crippen molar-refractivity contribution in [3.05, 3.63) is 24.0 Å². The van der Waals surface area contributed by atoms with Crippen LogP contribution in [-0.2, 0) is 10.2 Å². The first-order chi connectivity index (χ1) is 6.69. The Balaban J connectivity index is 2.29. The Morgan fingerprint density at radius 1 is 1.57 bits per heavy atom. The zero-order valence-electron chi connectivity index (χ0n) is 7.99. The molecule has 1 aromatic heterocycles. The summed E-state index contributed by atoms with van der Waals surface area (Å²) in [6.45, 7) is 0. The molecule has 4 heteroatoms. The van der Waals surface area contributed by atoms with Crippen LogP contribution in [0.1, 0.15) is 18.5 Å². The van der Waals surface area contributed by atoms with Gasteiger partial charge in [0.05, 0.1) is 24.4 Å². The van der Waals surface area contributed by atoms with Crippen molar-refractivity contribution in [2.24, 2.45) is 5.73 Å². The predicted octanol–water partition coefficient (Wildman–Crippen LogP) is 0.607. The number of nitrogens with zero attached hydrogens (tertiary/aromatic N) is 1. The lowest BCUT2D eigenvalue weighted by atomic mass is 10.0. The normalized spacial score (nSPS) is 17.5. The Labute approximate surface area is 82.1 Å². The van der Waals surface area contributed by atoms with Gasteiger partial charge in [0.15, 0.2) is 0 Å². The van der Waals surface area contributed by atoms with Gasteiger partial charge in [-0.2, -0.15) is 0 Å². The van der Waals surface area contributed by atoms with Crippen molar-refractivity contribution in [3.63, 3.8) is 0 Å². The highest BCUT2D eigenvalue weighted by molar-refractivity contribution is 5.89. The van der Waals surface area contributed by atoms with Crippen LogP contribution in [0, 0.1) is 0 Å². The first kappa shape index (κ1) is 8.99. The fraction of sp³-hybridized carbons (Fsp3) is 0.400. The van der Waals surface area contributed by atoms with E-state index in [4.69, 9.17) is 10.5 Å². The molecule has 1 amide bonds. The number of aromatic nitrogens is 1. The maximum Gasteiger partial charge on any atom is 0.229 e. The van der Waals surface area contributed by atoms with Crippen molar-refractivity contribution in [1.29, 1.82) is 0 Å². The van der Waals surface area contributed by atoms with E-state index < -0.39 is 5.41 Å². The number of carbonyl (C=O) groups is 1. The second-order valence-corrected chi connectivity index (χ2v) is 3.53. The number of amides is 1. The van der Waals surface area contributed by atoms with Gasteiger partial charge in [0, 0.05) is 0 Å². The number of hydrogen-bond acceptors (Lipinski definition) is 3. The van der Waals surface area contributed by atoms with Crippen molar-refractivity contribution in [2.75, 3.05) is 7.11 Å². The van der Waals surface area contributed by atoms with Gasteiger partial charge in [-0.15, -0.1) is 0 Å². The standard InChI is InChI=1S/C10H12N2O2/c1-14-7-2-3-8(12-6-7)10(4-5-10)9(11)13/h2-3,6H,4-5H2,1H3,(H2,11,13). The highest BCUT2D eigenvalue weighted by atomic mass is 16.5. The van der Waals surface area contributed by atoms with E-state index in [2.05, 4.69) is 4.98 Å². The van der Waals surface area contributed by atoms with Crippen molar-refractivity contribution < 1.29 is 9.53 Å². The Morgan fingerprint density at radius 3 is 2.64 bits per heavy atom. The first-order valence-electron chi connectivity index (χ1n) is 4.49. The third-order valence-corrected chi connectivity index (χ3v) is 2.68. The zero-order valence-corrected chi connectivity index (χ0v) is 7.99. The van der Waals surface area contributed by atoms with Gasteiger partial charge in [0.1, 0.15) is 5.75 Å². The number of nitrogens with two attached hydrogens (primary N) is 1. The molecule has 74 valence electrons. The molecule has 1 fully saturated rings. The lowest BCUT2D eigenvalue weighted by molar-refractivity contribution is -0.120. The van der Waals surface area contributed by atoms with E-state index in [0.717, 1.165) is 18.5 Å². The van der Waals surface area contributed by atoms with Gasteiger partial charge < -0.3 is 10.5 Å². The molecule has 4 nitrogen and oxygen atoms in total. The molecule has 2 N–H and O–H groups in total. The molecule has 1 aromatic rings. The highest BCUT2D eigenvalue weighted by Crippen LogP contribution is 2.47. The summed E-state index contributed by atoms with van der Waals surface area (Å²) in [5.74, 6) is 0.407. The Hall–Kier alpha value is -1.58. The van der Waals surface area contributed by atoms with E-state index in [9.17, 15) is 4.79 Å². The van der Waals surface area contributed by atoms with E-state index in [1.54, 1.807) is 25.4 Å². The fourth-order valence-electron chi connectivity index (χ4n) is 1.54. The summed E-state index contributed by atoms with van der Waals surface area (Å²) < 4.78 is 4.98. The average molecular weight is 192 g/mol. The monoisotopic (exact) mass is 192 g/mol.